The lowest BCUT2D eigenvalue weighted by molar-refractivity contribution is -0.137. The van der Waals surface area contributed by atoms with Crippen LogP contribution in [0.5, 0.6) is 5.75 Å². The minimum Gasteiger partial charge on any atom is -0.483 e. The summed E-state index contributed by atoms with van der Waals surface area (Å²) in [5, 5.41) is 11.8. The van der Waals surface area contributed by atoms with E-state index in [4.69, 9.17) is 14.6 Å². The number of rotatable bonds is 6. The fourth-order valence-corrected chi connectivity index (χ4v) is 2.19. The zero-order chi connectivity index (χ0) is 15.5. The number of para-hydroxylation sites is 2. The van der Waals surface area contributed by atoms with Crippen LogP contribution in [0.25, 0.3) is 0 Å². The molecule has 7 nitrogen and oxygen atoms in total. The Morgan fingerprint density at radius 2 is 2.09 bits per heavy atom. The standard InChI is InChI=1S/C15H16N2O5/c18-6-5-17-14(19)7-12(15(17)20)16-11-3-1-2-4-13(11)22-10-8-21-9-10/h1-4,7,10,16,18H,5-6,8-9H2. The Labute approximate surface area is 127 Å². The number of amides is 2. The molecule has 2 amide bonds. The van der Waals surface area contributed by atoms with Crippen molar-refractivity contribution in [3.8, 4) is 5.75 Å². The summed E-state index contributed by atoms with van der Waals surface area (Å²) in [4.78, 5) is 24.8. The van der Waals surface area contributed by atoms with Crippen LogP contribution in [-0.4, -0.2) is 54.3 Å². The largest absolute Gasteiger partial charge is 0.483 e. The van der Waals surface area contributed by atoms with Gasteiger partial charge in [-0.2, -0.15) is 0 Å². The number of aliphatic hydroxyl groups is 1. The van der Waals surface area contributed by atoms with Crippen molar-refractivity contribution in [3.05, 3.63) is 36.0 Å². The van der Waals surface area contributed by atoms with E-state index in [1.807, 2.05) is 6.07 Å². The number of hydrogen-bond acceptors (Lipinski definition) is 6. The molecule has 7 heteroatoms. The lowest BCUT2D eigenvalue weighted by Crippen LogP contribution is -2.38. The van der Waals surface area contributed by atoms with Gasteiger partial charge in [-0.05, 0) is 12.1 Å². The molecule has 2 aliphatic heterocycles. The normalized spacial score (nSPS) is 18.2. The van der Waals surface area contributed by atoms with E-state index < -0.39 is 11.8 Å². The molecule has 3 rings (SSSR count). The van der Waals surface area contributed by atoms with E-state index in [0.717, 1.165) is 4.90 Å². The van der Waals surface area contributed by atoms with E-state index in [-0.39, 0.29) is 25.0 Å². The van der Waals surface area contributed by atoms with Crippen molar-refractivity contribution in [1.82, 2.24) is 4.90 Å². The highest BCUT2D eigenvalue weighted by molar-refractivity contribution is 6.17. The van der Waals surface area contributed by atoms with Gasteiger partial charge in [0.2, 0.25) is 0 Å². The molecule has 0 saturated carbocycles. The van der Waals surface area contributed by atoms with Crippen molar-refractivity contribution >= 4 is 17.5 Å². The summed E-state index contributed by atoms with van der Waals surface area (Å²) < 4.78 is 10.8. The van der Waals surface area contributed by atoms with Gasteiger partial charge in [-0.1, -0.05) is 12.1 Å². The smallest absolute Gasteiger partial charge is 0.277 e. The lowest BCUT2D eigenvalue weighted by atomic mass is 10.2. The second kappa shape index (κ2) is 6.17. The lowest BCUT2D eigenvalue weighted by Gasteiger charge is -2.27. The number of imide groups is 1. The van der Waals surface area contributed by atoms with E-state index in [9.17, 15) is 9.59 Å². The number of ether oxygens (including phenoxy) is 2. The van der Waals surface area contributed by atoms with Crippen LogP contribution in [0.4, 0.5) is 5.69 Å². The Bertz CT molecular complexity index is 624. The molecule has 116 valence electrons. The number of nitrogens with zero attached hydrogens (tertiary/aromatic N) is 1. The van der Waals surface area contributed by atoms with Gasteiger partial charge in [0.1, 0.15) is 17.6 Å². The molecular formula is C15H16N2O5. The molecular weight excluding hydrogens is 288 g/mol. The monoisotopic (exact) mass is 304 g/mol. The summed E-state index contributed by atoms with van der Waals surface area (Å²) in [6, 6.07) is 7.18. The molecule has 2 heterocycles. The first-order chi connectivity index (χ1) is 10.7. The van der Waals surface area contributed by atoms with Gasteiger partial charge < -0.3 is 19.9 Å². The third-order valence-electron chi connectivity index (χ3n) is 3.39. The summed E-state index contributed by atoms with van der Waals surface area (Å²) in [6.07, 6.45) is 1.23. The Morgan fingerprint density at radius 3 is 2.77 bits per heavy atom. The highest BCUT2D eigenvalue weighted by atomic mass is 16.6. The van der Waals surface area contributed by atoms with Gasteiger partial charge in [-0.3, -0.25) is 14.5 Å². The average Bonchev–Trinajstić information content (AvgIpc) is 2.72. The average molecular weight is 304 g/mol. The second-order valence-corrected chi connectivity index (χ2v) is 4.98. The SMILES string of the molecule is O=C1C=C(Nc2ccccc2OC2COC2)C(=O)N1CCO. The Kier molecular flexibility index (Phi) is 4.08. The molecule has 0 radical (unpaired) electrons. The fraction of sp³-hybridized carbons (Fsp3) is 0.333. The molecule has 0 unspecified atom stereocenters. The maximum absolute atomic E-state index is 12.1. The van der Waals surface area contributed by atoms with Crippen molar-refractivity contribution in [2.24, 2.45) is 0 Å². The molecule has 0 aromatic heterocycles. The highest BCUT2D eigenvalue weighted by Crippen LogP contribution is 2.28. The molecule has 2 N–H and O–H groups in total. The number of benzene rings is 1. The van der Waals surface area contributed by atoms with E-state index in [2.05, 4.69) is 5.32 Å². The van der Waals surface area contributed by atoms with Crippen LogP contribution in [0.15, 0.2) is 36.0 Å². The van der Waals surface area contributed by atoms with Crippen LogP contribution in [-0.2, 0) is 14.3 Å². The Balaban J connectivity index is 1.74. The molecule has 1 fully saturated rings. The van der Waals surface area contributed by atoms with Gasteiger partial charge >= 0.3 is 0 Å². The predicted molar refractivity (Wildman–Crippen MR) is 77.2 cm³/mol. The summed E-state index contributed by atoms with van der Waals surface area (Å²) in [7, 11) is 0. The van der Waals surface area contributed by atoms with E-state index in [0.29, 0.717) is 24.7 Å². The second-order valence-electron chi connectivity index (χ2n) is 4.98. The minimum absolute atomic E-state index is 0.00345. The van der Waals surface area contributed by atoms with Crippen LogP contribution in [0.1, 0.15) is 0 Å². The maximum atomic E-state index is 12.1. The van der Waals surface area contributed by atoms with Gasteiger partial charge in [-0.25, -0.2) is 0 Å². The minimum atomic E-state index is -0.458. The fourth-order valence-electron chi connectivity index (χ4n) is 2.19. The van der Waals surface area contributed by atoms with Crippen LogP contribution in [0.3, 0.4) is 0 Å². The van der Waals surface area contributed by atoms with Crippen molar-refractivity contribution in [2.75, 3.05) is 31.7 Å². The molecule has 1 aromatic carbocycles. The van der Waals surface area contributed by atoms with Crippen molar-refractivity contribution < 1.29 is 24.2 Å². The summed E-state index contributed by atoms with van der Waals surface area (Å²) >= 11 is 0. The first kappa shape index (κ1) is 14.6. The van der Waals surface area contributed by atoms with Crippen LogP contribution in [0, 0.1) is 0 Å². The number of aliphatic hydroxyl groups excluding tert-OH is 1. The van der Waals surface area contributed by atoms with E-state index >= 15 is 0 Å². The van der Waals surface area contributed by atoms with Gasteiger partial charge in [0, 0.05) is 6.08 Å². The van der Waals surface area contributed by atoms with Crippen molar-refractivity contribution in [2.45, 2.75) is 6.10 Å². The van der Waals surface area contributed by atoms with E-state index in [1.165, 1.54) is 6.08 Å². The number of carbonyl (C=O) groups excluding carboxylic acids is 2. The van der Waals surface area contributed by atoms with Gasteiger partial charge in [-0.15, -0.1) is 0 Å². The molecule has 1 aromatic rings. The van der Waals surface area contributed by atoms with Crippen molar-refractivity contribution in [1.29, 1.82) is 0 Å². The molecule has 0 bridgehead atoms. The number of hydrogen-bond donors (Lipinski definition) is 2. The Hall–Kier alpha value is -2.38. The van der Waals surface area contributed by atoms with Gasteiger partial charge in [0.25, 0.3) is 11.8 Å². The first-order valence-electron chi connectivity index (χ1n) is 6.98. The van der Waals surface area contributed by atoms with Crippen molar-refractivity contribution in [3.63, 3.8) is 0 Å². The number of nitrogens with one attached hydrogen (secondary N) is 1. The first-order valence-corrected chi connectivity index (χ1v) is 6.98. The van der Waals surface area contributed by atoms with E-state index in [1.54, 1.807) is 18.2 Å². The predicted octanol–water partition coefficient (Wildman–Crippen LogP) is 0.121. The topological polar surface area (TPSA) is 88.1 Å². The maximum Gasteiger partial charge on any atom is 0.277 e. The zero-order valence-electron chi connectivity index (χ0n) is 11.8. The summed E-state index contributed by atoms with van der Waals surface area (Å²) in [5.74, 6) is -0.300. The number of anilines is 1. The van der Waals surface area contributed by atoms with Crippen LogP contribution in [0.2, 0.25) is 0 Å². The molecule has 1 saturated heterocycles. The Morgan fingerprint density at radius 1 is 1.32 bits per heavy atom. The van der Waals surface area contributed by atoms with Gasteiger partial charge in [0.05, 0.1) is 32.1 Å². The molecule has 0 aliphatic carbocycles. The molecule has 22 heavy (non-hydrogen) atoms. The van der Waals surface area contributed by atoms with Gasteiger partial charge in [0.15, 0.2) is 0 Å². The third kappa shape index (κ3) is 2.81. The van der Waals surface area contributed by atoms with Crippen LogP contribution >= 0.6 is 0 Å². The quantitative estimate of drug-likeness (QED) is 0.726. The molecule has 0 atom stereocenters. The van der Waals surface area contributed by atoms with Crippen LogP contribution < -0.4 is 10.1 Å². The third-order valence-corrected chi connectivity index (χ3v) is 3.39. The number of carbonyl (C=O) groups is 2. The summed E-state index contributed by atoms with van der Waals surface area (Å²) in [6.45, 7) is 0.800. The zero-order valence-corrected chi connectivity index (χ0v) is 11.8. The highest BCUT2D eigenvalue weighted by Gasteiger charge is 2.31. The molecule has 2 aliphatic rings. The molecule has 0 spiro atoms. The number of β-amino-alcohol motifs (C(OH)–C–C–N with tert-alkyl or cyclic N) is 1. The summed E-state index contributed by atoms with van der Waals surface area (Å²) in [5.41, 5.74) is 0.770.